The molecule has 18 heavy (non-hydrogen) atoms. The molecule has 0 aliphatic rings. The van der Waals surface area contributed by atoms with Crippen LogP contribution in [0.5, 0.6) is 0 Å². The first-order chi connectivity index (χ1) is 8.58. The molecule has 92 valence electrons. The Bertz CT molecular complexity index is 602. The molecule has 1 amide bonds. The van der Waals surface area contributed by atoms with Gasteiger partial charge in [0.2, 0.25) is 0 Å². The van der Waals surface area contributed by atoms with E-state index < -0.39 is 17.5 Å². The van der Waals surface area contributed by atoms with Gasteiger partial charge in [0, 0.05) is 12.3 Å². The van der Waals surface area contributed by atoms with Gasteiger partial charge >= 0.3 is 0 Å². The first-order valence-corrected chi connectivity index (χ1v) is 5.05. The molecule has 0 aliphatic carbocycles. The van der Waals surface area contributed by atoms with Gasteiger partial charge in [-0.1, -0.05) is 0 Å². The van der Waals surface area contributed by atoms with E-state index in [0.717, 1.165) is 12.1 Å². The Morgan fingerprint density at radius 2 is 2.06 bits per heavy atom. The van der Waals surface area contributed by atoms with Crippen molar-refractivity contribution in [2.45, 2.75) is 0 Å². The Morgan fingerprint density at radius 3 is 2.72 bits per heavy atom. The van der Waals surface area contributed by atoms with Crippen molar-refractivity contribution in [2.24, 2.45) is 0 Å². The van der Waals surface area contributed by atoms with Crippen molar-refractivity contribution in [3.63, 3.8) is 0 Å². The minimum Gasteiger partial charge on any atom is -0.396 e. The maximum Gasteiger partial charge on any atom is 0.259 e. The predicted octanol–water partition coefficient (Wildman–Crippen LogP) is 2.19. The number of nitrogens with one attached hydrogen (secondary N) is 1. The maximum absolute atomic E-state index is 13.4. The molecule has 0 radical (unpaired) electrons. The van der Waals surface area contributed by atoms with Gasteiger partial charge in [-0.05, 0) is 24.3 Å². The van der Waals surface area contributed by atoms with Crippen LogP contribution in [0.2, 0.25) is 0 Å². The van der Waals surface area contributed by atoms with Gasteiger partial charge in [0.1, 0.15) is 11.6 Å². The van der Waals surface area contributed by atoms with E-state index in [1.165, 1.54) is 6.20 Å². The van der Waals surface area contributed by atoms with Crippen molar-refractivity contribution in [2.75, 3.05) is 11.1 Å². The van der Waals surface area contributed by atoms with Crippen LogP contribution in [0.15, 0.2) is 36.5 Å². The second kappa shape index (κ2) is 4.79. The van der Waals surface area contributed by atoms with Crippen LogP contribution >= 0.6 is 0 Å². The number of carbonyl (C=O) groups excluding carboxylic acids is 1. The number of anilines is 2. The first kappa shape index (κ1) is 12.0. The van der Waals surface area contributed by atoms with Crippen LogP contribution in [0.1, 0.15) is 10.4 Å². The number of rotatable bonds is 2. The van der Waals surface area contributed by atoms with Crippen LogP contribution in [0.25, 0.3) is 0 Å². The highest BCUT2D eigenvalue weighted by atomic mass is 19.1. The molecule has 0 spiro atoms. The van der Waals surface area contributed by atoms with Crippen LogP contribution in [-0.2, 0) is 0 Å². The minimum absolute atomic E-state index is 0.131. The molecule has 4 nitrogen and oxygen atoms in total. The average Bonchev–Trinajstić information content (AvgIpc) is 2.32. The third-order valence-electron chi connectivity index (χ3n) is 2.25. The zero-order valence-electron chi connectivity index (χ0n) is 9.15. The Labute approximate surface area is 101 Å². The average molecular weight is 249 g/mol. The predicted molar refractivity (Wildman–Crippen MR) is 63.0 cm³/mol. The van der Waals surface area contributed by atoms with E-state index in [0.29, 0.717) is 6.07 Å². The number of hydrogen-bond donors (Lipinski definition) is 2. The highest BCUT2D eigenvalue weighted by Crippen LogP contribution is 2.16. The fourth-order valence-electron chi connectivity index (χ4n) is 1.37. The van der Waals surface area contributed by atoms with Crippen molar-refractivity contribution in [1.82, 2.24) is 4.98 Å². The zero-order valence-corrected chi connectivity index (χ0v) is 9.15. The summed E-state index contributed by atoms with van der Waals surface area (Å²) in [6, 6.07) is 5.84. The lowest BCUT2D eigenvalue weighted by Gasteiger charge is -2.07. The number of carbonyl (C=O) groups is 1. The lowest BCUT2D eigenvalue weighted by atomic mass is 10.2. The molecule has 3 N–H and O–H groups in total. The van der Waals surface area contributed by atoms with Gasteiger partial charge in [0.25, 0.3) is 5.91 Å². The maximum atomic E-state index is 13.4. The largest absolute Gasteiger partial charge is 0.396 e. The van der Waals surface area contributed by atoms with E-state index in [-0.39, 0.29) is 17.1 Å². The molecule has 0 saturated heterocycles. The zero-order chi connectivity index (χ0) is 13.1. The highest BCUT2D eigenvalue weighted by molar-refractivity contribution is 6.05. The van der Waals surface area contributed by atoms with Gasteiger partial charge in [-0.25, -0.2) is 13.8 Å². The van der Waals surface area contributed by atoms with Crippen molar-refractivity contribution in [3.05, 3.63) is 53.7 Å². The molecule has 0 fully saturated rings. The van der Waals surface area contributed by atoms with Gasteiger partial charge in [0.15, 0.2) is 5.82 Å². The van der Waals surface area contributed by atoms with Crippen LogP contribution < -0.4 is 11.1 Å². The Morgan fingerprint density at radius 1 is 1.28 bits per heavy atom. The van der Waals surface area contributed by atoms with Gasteiger partial charge in [-0.2, -0.15) is 0 Å². The molecule has 1 heterocycles. The topological polar surface area (TPSA) is 68.0 Å². The minimum atomic E-state index is -0.943. The van der Waals surface area contributed by atoms with Gasteiger partial charge in [-0.15, -0.1) is 0 Å². The molecule has 0 unspecified atom stereocenters. The summed E-state index contributed by atoms with van der Waals surface area (Å²) in [7, 11) is 0. The number of nitrogen functional groups attached to an aromatic ring is 1. The molecule has 0 atom stereocenters. The van der Waals surface area contributed by atoms with Crippen LogP contribution in [0, 0.1) is 11.6 Å². The van der Waals surface area contributed by atoms with Crippen LogP contribution in [0.3, 0.4) is 0 Å². The Hall–Kier alpha value is -2.50. The third-order valence-corrected chi connectivity index (χ3v) is 2.25. The molecule has 2 rings (SSSR count). The summed E-state index contributed by atoms with van der Waals surface area (Å²) in [5.41, 5.74) is 5.56. The SMILES string of the molecule is Nc1cccnc1NC(=O)c1ccc(F)cc1F. The highest BCUT2D eigenvalue weighted by Gasteiger charge is 2.14. The van der Waals surface area contributed by atoms with Crippen LogP contribution in [0.4, 0.5) is 20.3 Å². The molecule has 2 aromatic rings. The van der Waals surface area contributed by atoms with E-state index in [4.69, 9.17) is 5.73 Å². The second-order valence-electron chi connectivity index (χ2n) is 3.52. The fraction of sp³-hybridized carbons (Fsp3) is 0. The number of nitrogens with two attached hydrogens (primary N) is 1. The summed E-state index contributed by atoms with van der Waals surface area (Å²) < 4.78 is 26.0. The number of amides is 1. The molecule has 0 bridgehead atoms. The summed E-state index contributed by atoms with van der Waals surface area (Å²) in [4.78, 5) is 15.6. The number of aromatic nitrogens is 1. The molecule has 1 aromatic heterocycles. The monoisotopic (exact) mass is 249 g/mol. The standard InChI is InChI=1S/C12H9F2N3O/c13-7-3-4-8(9(14)6-7)12(18)17-11-10(15)2-1-5-16-11/h1-6H,15H2,(H,16,17,18). The van der Waals surface area contributed by atoms with Crippen molar-refractivity contribution < 1.29 is 13.6 Å². The normalized spacial score (nSPS) is 10.1. The second-order valence-corrected chi connectivity index (χ2v) is 3.52. The summed E-state index contributed by atoms with van der Waals surface area (Å²) in [5, 5.41) is 2.35. The Balaban J connectivity index is 2.25. The number of hydrogen-bond acceptors (Lipinski definition) is 3. The lowest BCUT2D eigenvalue weighted by Crippen LogP contribution is -2.16. The van der Waals surface area contributed by atoms with E-state index in [1.54, 1.807) is 12.1 Å². The molecule has 1 aromatic carbocycles. The molecule has 0 saturated carbocycles. The smallest absolute Gasteiger partial charge is 0.259 e. The van der Waals surface area contributed by atoms with Crippen LogP contribution in [-0.4, -0.2) is 10.9 Å². The van der Waals surface area contributed by atoms with E-state index in [9.17, 15) is 13.6 Å². The summed E-state index contributed by atoms with van der Waals surface area (Å²) >= 11 is 0. The lowest BCUT2D eigenvalue weighted by molar-refractivity contribution is 0.102. The first-order valence-electron chi connectivity index (χ1n) is 5.05. The van der Waals surface area contributed by atoms with E-state index in [1.807, 2.05) is 0 Å². The molecular weight excluding hydrogens is 240 g/mol. The van der Waals surface area contributed by atoms with Gasteiger partial charge in [0.05, 0.1) is 11.3 Å². The van der Waals surface area contributed by atoms with Gasteiger partial charge in [-0.3, -0.25) is 4.79 Å². The number of nitrogens with zero attached hydrogens (tertiary/aromatic N) is 1. The van der Waals surface area contributed by atoms with Crippen molar-refractivity contribution in [1.29, 1.82) is 0 Å². The molecular formula is C12H9F2N3O. The van der Waals surface area contributed by atoms with E-state index in [2.05, 4.69) is 10.3 Å². The van der Waals surface area contributed by atoms with Gasteiger partial charge < -0.3 is 11.1 Å². The fourth-order valence-corrected chi connectivity index (χ4v) is 1.37. The number of benzene rings is 1. The quantitative estimate of drug-likeness (QED) is 0.857. The third kappa shape index (κ3) is 2.42. The van der Waals surface area contributed by atoms with Crippen molar-refractivity contribution >= 4 is 17.4 Å². The summed E-state index contributed by atoms with van der Waals surface area (Å²) in [6.07, 6.45) is 1.44. The Kier molecular flexibility index (Phi) is 3.18. The number of halogens is 2. The number of pyridine rings is 1. The molecule has 6 heteroatoms. The summed E-state index contributed by atoms with van der Waals surface area (Å²) in [6.45, 7) is 0. The summed E-state index contributed by atoms with van der Waals surface area (Å²) in [5.74, 6) is -2.30. The van der Waals surface area contributed by atoms with E-state index >= 15 is 0 Å². The van der Waals surface area contributed by atoms with Crippen molar-refractivity contribution in [3.8, 4) is 0 Å². The molecule has 0 aliphatic heterocycles.